The summed E-state index contributed by atoms with van der Waals surface area (Å²) in [7, 11) is 1.74. The summed E-state index contributed by atoms with van der Waals surface area (Å²) in [5.41, 5.74) is 1.27. The molecule has 2 saturated heterocycles. The minimum absolute atomic E-state index is 0.0464. The minimum Gasteiger partial charge on any atom is -0.336 e. The second-order valence-corrected chi connectivity index (χ2v) is 5.96. The Morgan fingerprint density at radius 3 is 2.65 bits per heavy atom. The van der Waals surface area contributed by atoms with Crippen molar-refractivity contribution in [3.05, 3.63) is 36.7 Å². The summed E-state index contributed by atoms with van der Waals surface area (Å²) in [6, 6.07) is 1.70. The van der Waals surface area contributed by atoms with Gasteiger partial charge >= 0.3 is 0 Å². The second-order valence-electron chi connectivity index (χ2n) is 5.96. The molecule has 0 saturated carbocycles. The van der Waals surface area contributed by atoms with Gasteiger partial charge in [-0.05, 0) is 6.07 Å². The zero-order valence-electron chi connectivity index (χ0n) is 12.7. The summed E-state index contributed by atoms with van der Waals surface area (Å²) in [6.45, 7) is 1.65. The van der Waals surface area contributed by atoms with E-state index in [1.807, 2.05) is 0 Å². The molecule has 8 heteroatoms. The molecule has 2 aliphatic rings. The molecule has 0 aromatic carbocycles. The van der Waals surface area contributed by atoms with Gasteiger partial charge < -0.3 is 9.80 Å². The molecule has 0 bridgehead atoms. The highest BCUT2D eigenvalue weighted by molar-refractivity contribution is 5.99. The first-order valence-electron chi connectivity index (χ1n) is 7.49. The number of nitrogens with zero attached hydrogens (tertiary/aromatic N) is 6. The summed E-state index contributed by atoms with van der Waals surface area (Å²) in [5.74, 6) is -0.0147. The van der Waals surface area contributed by atoms with Crippen LogP contribution in [-0.4, -0.2) is 56.1 Å². The molecule has 8 nitrogen and oxygen atoms in total. The summed E-state index contributed by atoms with van der Waals surface area (Å²) < 4.78 is 1.56. The predicted molar refractivity (Wildman–Crippen MR) is 80.5 cm³/mol. The van der Waals surface area contributed by atoms with Crippen LogP contribution in [0.3, 0.4) is 0 Å². The zero-order chi connectivity index (χ0) is 16.0. The molecule has 0 unspecified atom stereocenters. The maximum atomic E-state index is 12.6. The number of fused-ring (bicyclic) bond motifs is 1. The fraction of sp³-hybridized carbons (Fsp3) is 0.400. The van der Waals surface area contributed by atoms with E-state index in [-0.39, 0.29) is 23.7 Å². The molecule has 2 atom stereocenters. The zero-order valence-corrected chi connectivity index (χ0v) is 12.7. The van der Waals surface area contributed by atoms with Crippen molar-refractivity contribution in [2.75, 3.05) is 24.5 Å². The average Bonchev–Trinajstić information content (AvgIpc) is 3.24. The Hall–Kier alpha value is -2.77. The van der Waals surface area contributed by atoms with E-state index in [2.05, 4.69) is 15.1 Å². The first-order valence-corrected chi connectivity index (χ1v) is 7.49. The van der Waals surface area contributed by atoms with Crippen LogP contribution in [0.5, 0.6) is 0 Å². The smallest absolute Gasteiger partial charge is 0.272 e. The molecule has 4 rings (SSSR count). The highest BCUT2D eigenvalue weighted by Gasteiger charge is 2.48. The molecule has 2 aromatic rings. The Labute approximate surface area is 132 Å². The molecule has 2 amide bonds. The van der Waals surface area contributed by atoms with Crippen LogP contribution in [0.25, 0.3) is 0 Å². The molecule has 118 valence electrons. The number of likely N-dealkylation sites (tertiary alicyclic amines) is 1. The number of aryl methyl sites for hydroxylation is 1. The normalized spacial score (nSPS) is 23.4. The van der Waals surface area contributed by atoms with E-state index >= 15 is 0 Å². The third-order valence-corrected chi connectivity index (χ3v) is 4.63. The maximum Gasteiger partial charge on any atom is 0.272 e. The fourth-order valence-electron chi connectivity index (χ4n) is 3.44. The van der Waals surface area contributed by atoms with Crippen molar-refractivity contribution >= 4 is 17.5 Å². The van der Waals surface area contributed by atoms with Crippen molar-refractivity contribution < 1.29 is 9.59 Å². The van der Waals surface area contributed by atoms with Crippen LogP contribution in [0, 0.1) is 11.8 Å². The largest absolute Gasteiger partial charge is 0.336 e. The number of amides is 2. The number of carbonyl (C=O) groups is 2. The van der Waals surface area contributed by atoms with Gasteiger partial charge in [-0.3, -0.25) is 14.3 Å². The molecule has 0 spiro atoms. The molecule has 2 aliphatic heterocycles. The lowest BCUT2D eigenvalue weighted by molar-refractivity contribution is -0.120. The Kier molecular flexibility index (Phi) is 3.10. The van der Waals surface area contributed by atoms with Crippen LogP contribution in [-0.2, 0) is 11.8 Å². The molecule has 23 heavy (non-hydrogen) atoms. The average molecular weight is 312 g/mol. The lowest BCUT2D eigenvalue weighted by Gasteiger charge is -2.21. The van der Waals surface area contributed by atoms with Gasteiger partial charge in [-0.25, -0.2) is 9.97 Å². The third kappa shape index (κ3) is 2.18. The standard InChI is InChI=1S/C15H16N6O2/c1-19-13(2-3-18-19)15(23)20-6-10-7-21(14(22)12(10)8-20)11-4-16-9-17-5-11/h2-5,9-10,12H,6-8H2,1H3/t10-,12-/m1/s1. The van der Waals surface area contributed by atoms with Gasteiger partial charge in [0.25, 0.3) is 5.91 Å². The second kappa shape index (κ2) is 5.15. The molecule has 2 fully saturated rings. The molecule has 0 aliphatic carbocycles. The first-order chi connectivity index (χ1) is 11.1. The Morgan fingerprint density at radius 1 is 1.22 bits per heavy atom. The van der Waals surface area contributed by atoms with Gasteiger partial charge in [0.1, 0.15) is 12.0 Å². The SMILES string of the molecule is Cn1nccc1C(=O)N1C[C@@H]2CN(c3cncnc3)C(=O)[C@@H]2C1. The van der Waals surface area contributed by atoms with Crippen LogP contribution in [0.1, 0.15) is 10.5 Å². The van der Waals surface area contributed by atoms with Gasteiger partial charge in [-0.1, -0.05) is 0 Å². The molecular formula is C15H16N6O2. The van der Waals surface area contributed by atoms with E-state index in [0.717, 1.165) is 5.69 Å². The van der Waals surface area contributed by atoms with E-state index in [9.17, 15) is 9.59 Å². The van der Waals surface area contributed by atoms with Gasteiger partial charge in [0.2, 0.25) is 5.91 Å². The Bertz CT molecular complexity index is 758. The summed E-state index contributed by atoms with van der Waals surface area (Å²) in [4.78, 5) is 36.6. The van der Waals surface area contributed by atoms with E-state index in [0.29, 0.717) is 25.3 Å². The van der Waals surface area contributed by atoms with E-state index in [1.54, 1.807) is 46.2 Å². The lowest BCUT2D eigenvalue weighted by atomic mass is 10.0. The number of hydrogen-bond donors (Lipinski definition) is 0. The van der Waals surface area contributed by atoms with E-state index in [4.69, 9.17) is 0 Å². The summed E-state index contributed by atoms with van der Waals surface area (Å²) in [6.07, 6.45) is 6.33. The van der Waals surface area contributed by atoms with Crippen molar-refractivity contribution in [1.82, 2.24) is 24.6 Å². The van der Waals surface area contributed by atoms with Crippen LogP contribution < -0.4 is 4.90 Å². The summed E-state index contributed by atoms with van der Waals surface area (Å²) in [5, 5.41) is 4.03. The van der Waals surface area contributed by atoms with Crippen molar-refractivity contribution in [3.8, 4) is 0 Å². The van der Waals surface area contributed by atoms with Crippen molar-refractivity contribution in [1.29, 1.82) is 0 Å². The quantitative estimate of drug-likeness (QED) is 0.776. The van der Waals surface area contributed by atoms with Crippen molar-refractivity contribution in [2.24, 2.45) is 18.9 Å². The Morgan fingerprint density at radius 2 is 2.00 bits per heavy atom. The van der Waals surface area contributed by atoms with Crippen LogP contribution in [0.4, 0.5) is 5.69 Å². The number of anilines is 1. The molecule has 2 aromatic heterocycles. The highest BCUT2D eigenvalue weighted by Crippen LogP contribution is 2.35. The summed E-state index contributed by atoms with van der Waals surface area (Å²) >= 11 is 0. The Balaban J connectivity index is 1.50. The highest BCUT2D eigenvalue weighted by atomic mass is 16.2. The van der Waals surface area contributed by atoms with E-state index in [1.165, 1.54) is 6.33 Å². The fourth-order valence-corrected chi connectivity index (χ4v) is 3.44. The van der Waals surface area contributed by atoms with Gasteiger partial charge in [0.15, 0.2) is 0 Å². The number of rotatable bonds is 2. The monoisotopic (exact) mass is 312 g/mol. The van der Waals surface area contributed by atoms with Crippen LogP contribution in [0.15, 0.2) is 31.0 Å². The van der Waals surface area contributed by atoms with Crippen LogP contribution >= 0.6 is 0 Å². The molecule has 0 N–H and O–H groups in total. The molecule has 4 heterocycles. The predicted octanol–water partition coefficient (Wildman–Crippen LogP) is -0.0549. The number of hydrogen-bond acceptors (Lipinski definition) is 5. The van der Waals surface area contributed by atoms with Crippen molar-refractivity contribution in [3.63, 3.8) is 0 Å². The number of aromatic nitrogens is 4. The molecule has 0 radical (unpaired) electrons. The minimum atomic E-state index is -0.146. The first kappa shape index (κ1) is 13.9. The van der Waals surface area contributed by atoms with Gasteiger partial charge in [0, 0.05) is 38.8 Å². The topological polar surface area (TPSA) is 84.2 Å². The van der Waals surface area contributed by atoms with Gasteiger partial charge in [-0.15, -0.1) is 0 Å². The van der Waals surface area contributed by atoms with Gasteiger partial charge in [0.05, 0.1) is 24.0 Å². The van der Waals surface area contributed by atoms with E-state index < -0.39 is 0 Å². The lowest BCUT2D eigenvalue weighted by Crippen LogP contribution is -2.36. The van der Waals surface area contributed by atoms with Crippen molar-refractivity contribution in [2.45, 2.75) is 0 Å². The number of carbonyl (C=O) groups excluding carboxylic acids is 2. The van der Waals surface area contributed by atoms with Gasteiger partial charge in [-0.2, -0.15) is 5.10 Å². The van der Waals surface area contributed by atoms with Crippen LogP contribution in [0.2, 0.25) is 0 Å². The maximum absolute atomic E-state index is 12.6. The third-order valence-electron chi connectivity index (χ3n) is 4.63. The molecular weight excluding hydrogens is 296 g/mol.